The molecule has 396 valence electrons. The van der Waals surface area contributed by atoms with E-state index in [1.165, 1.54) is 117 Å². The Labute approximate surface area is 473 Å². The van der Waals surface area contributed by atoms with Gasteiger partial charge in [0, 0.05) is 44.8 Å². The van der Waals surface area contributed by atoms with Crippen molar-refractivity contribution in [2.24, 2.45) is 0 Å². The van der Waals surface area contributed by atoms with Gasteiger partial charge in [-0.15, -0.1) is 0 Å². The first-order valence-electron chi connectivity index (χ1n) is 29.1. The van der Waals surface area contributed by atoms with Crippen LogP contribution in [0.25, 0.3) is 22.3 Å². The summed E-state index contributed by atoms with van der Waals surface area (Å²) in [6, 6.07) is 77.2. The molecule has 79 heavy (non-hydrogen) atoms. The van der Waals surface area contributed by atoms with Gasteiger partial charge < -0.3 is 9.80 Å². The first-order chi connectivity index (χ1) is 37.4. The lowest BCUT2D eigenvalue weighted by Crippen LogP contribution is -2.62. The number of hydrogen-bond donors (Lipinski definition) is 0. The molecule has 2 heterocycles. The molecule has 12 rings (SSSR count). The van der Waals surface area contributed by atoms with Crippen molar-refractivity contribution in [2.75, 3.05) is 9.80 Å². The van der Waals surface area contributed by atoms with E-state index in [2.05, 4.69) is 307 Å². The van der Waals surface area contributed by atoms with Crippen LogP contribution in [0.15, 0.2) is 200 Å². The molecule has 9 aromatic rings. The van der Waals surface area contributed by atoms with Crippen LogP contribution in [0, 0.1) is 0 Å². The Balaban J connectivity index is 1.21. The second-order valence-corrected chi connectivity index (χ2v) is 27.7. The normalized spacial score (nSPS) is 15.5. The first-order valence-corrected chi connectivity index (χ1v) is 29.1. The summed E-state index contributed by atoms with van der Waals surface area (Å²) in [5.74, 6) is 0. The maximum absolute atomic E-state index is 2.72. The molecule has 0 saturated heterocycles. The van der Waals surface area contributed by atoms with Crippen LogP contribution < -0.4 is 26.2 Å². The number of fused-ring (bicyclic) bond motifs is 5. The van der Waals surface area contributed by atoms with E-state index in [9.17, 15) is 0 Å². The fourth-order valence-corrected chi connectivity index (χ4v) is 13.4. The van der Waals surface area contributed by atoms with E-state index in [1.807, 2.05) is 0 Å². The molecule has 0 N–H and O–H groups in total. The summed E-state index contributed by atoms with van der Waals surface area (Å²) in [6.07, 6.45) is 2.28. The van der Waals surface area contributed by atoms with Crippen molar-refractivity contribution in [3.63, 3.8) is 0 Å². The molecule has 0 fully saturated rings. The molecule has 0 spiro atoms. The summed E-state index contributed by atoms with van der Waals surface area (Å²) < 4.78 is 0. The zero-order valence-electron chi connectivity index (χ0n) is 49.4. The number of hydrogen-bond acceptors (Lipinski definition) is 2. The Hall–Kier alpha value is -7.36. The molecule has 0 bridgehead atoms. The van der Waals surface area contributed by atoms with Gasteiger partial charge in [0.15, 0.2) is 0 Å². The van der Waals surface area contributed by atoms with Gasteiger partial charge in [0.25, 0.3) is 6.71 Å². The molecular weight excluding hydrogens is 952 g/mol. The highest BCUT2D eigenvalue weighted by Crippen LogP contribution is 2.53. The standard InChI is InChI=1S/C76H79BN2/c1-71(2,3)55-37-39-65(60(44-55)52-29-24-28-51(42-52)50-26-18-15-19-27-50)79-67-49-62-61(73(7,8)40-41-74(62,9)10)48-64(67)77-63-38-36-57(76(13,14)54-32-22-17-23-33-54)45-66(63)78(68-46-58(72(4,5)6)47-69(79)70(68)77)59-35-25-34-56(43-59)75(11,12)53-30-20-16-21-31-53/h15-39,42-49H,40-41H2,1-14H3. The van der Waals surface area contributed by atoms with E-state index in [-0.39, 0.29) is 39.2 Å². The van der Waals surface area contributed by atoms with Gasteiger partial charge in [0.1, 0.15) is 0 Å². The average molecular weight is 1030 g/mol. The first kappa shape index (κ1) is 52.3. The van der Waals surface area contributed by atoms with Crippen molar-refractivity contribution >= 4 is 57.2 Å². The lowest BCUT2D eigenvalue weighted by Gasteiger charge is -2.48. The fourth-order valence-electron chi connectivity index (χ4n) is 13.4. The van der Waals surface area contributed by atoms with Crippen LogP contribution in [0.5, 0.6) is 0 Å². The predicted molar refractivity (Wildman–Crippen MR) is 341 cm³/mol. The summed E-state index contributed by atoms with van der Waals surface area (Å²) in [4.78, 5) is 5.39. The van der Waals surface area contributed by atoms with Crippen LogP contribution in [-0.2, 0) is 32.5 Å². The maximum atomic E-state index is 2.72. The van der Waals surface area contributed by atoms with Crippen molar-refractivity contribution < 1.29 is 0 Å². The molecule has 2 aliphatic heterocycles. The molecule has 0 amide bonds. The van der Waals surface area contributed by atoms with Gasteiger partial charge in [-0.2, -0.15) is 0 Å². The zero-order valence-corrected chi connectivity index (χ0v) is 49.4. The molecule has 0 radical (unpaired) electrons. The minimum Gasteiger partial charge on any atom is -0.311 e. The van der Waals surface area contributed by atoms with Crippen LogP contribution >= 0.6 is 0 Å². The molecule has 0 unspecified atom stereocenters. The van der Waals surface area contributed by atoms with Gasteiger partial charge in [-0.25, -0.2) is 0 Å². The van der Waals surface area contributed by atoms with Crippen LogP contribution in [0.3, 0.4) is 0 Å². The highest BCUT2D eigenvalue weighted by molar-refractivity contribution is 7.00. The lowest BCUT2D eigenvalue weighted by molar-refractivity contribution is 0.332. The minimum atomic E-state index is -0.263. The number of nitrogens with zero attached hydrogens (tertiary/aromatic N) is 2. The smallest absolute Gasteiger partial charge is 0.252 e. The Morgan fingerprint density at radius 2 is 0.823 bits per heavy atom. The topological polar surface area (TPSA) is 6.48 Å². The monoisotopic (exact) mass is 1030 g/mol. The third-order valence-corrected chi connectivity index (χ3v) is 18.8. The van der Waals surface area contributed by atoms with Gasteiger partial charge in [0.05, 0.1) is 5.69 Å². The van der Waals surface area contributed by atoms with Crippen molar-refractivity contribution in [3.8, 4) is 22.3 Å². The number of anilines is 6. The van der Waals surface area contributed by atoms with E-state index >= 15 is 0 Å². The summed E-state index contributed by atoms with van der Waals surface area (Å²) in [5, 5.41) is 0. The Kier molecular flexibility index (Phi) is 12.3. The summed E-state index contributed by atoms with van der Waals surface area (Å²) in [7, 11) is 0. The lowest BCUT2D eigenvalue weighted by atomic mass is 9.33. The van der Waals surface area contributed by atoms with E-state index in [0.29, 0.717) is 0 Å². The summed E-state index contributed by atoms with van der Waals surface area (Å²) >= 11 is 0. The second-order valence-electron chi connectivity index (χ2n) is 27.7. The molecule has 0 aromatic heterocycles. The molecule has 1 aliphatic carbocycles. The van der Waals surface area contributed by atoms with Gasteiger partial charge in [-0.3, -0.25) is 0 Å². The number of benzene rings is 9. The maximum Gasteiger partial charge on any atom is 0.252 e. The summed E-state index contributed by atoms with van der Waals surface area (Å²) in [5.41, 5.74) is 26.3. The van der Waals surface area contributed by atoms with Crippen molar-refractivity contribution in [1.82, 2.24) is 0 Å². The SMILES string of the molecule is CC(C)(C)c1ccc(N2c3cc4c(cc3B3c5ccc(C(C)(C)c6ccccc6)cc5N(c5cccc(C(C)(C)c6ccccc6)c5)c5cc(C(C)(C)C)cc2c53)C(C)(C)CCC4(C)C)c(-c2cccc(-c3ccccc3)c2)c1. The zero-order chi connectivity index (χ0) is 55.6. The highest BCUT2D eigenvalue weighted by Gasteiger charge is 2.48. The van der Waals surface area contributed by atoms with E-state index in [1.54, 1.807) is 0 Å². The van der Waals surface area contributed by atoms with E-state index < -0.39 is 0 Å². The fraction of sp³-hybridized carbons (Fsp3) is 0.289. The molecule has 2 nitrogen and oxygen atoms in total. The largest absolute Gasteiger partial charge is 0.311 e. The van der Waals surface area contributed by atoms with Crippen molar-refractivity contribution in [3.05, 3.63) is 245 Å². The molecule has 0 atom stereocenters. The van der Waals surface area contributed by atoms with Gasteiger partial charge >= 0.3 is 0 Å². The third kappa shape index (κ3) is 8.88. The van der Waals surface area contributed by atoms with Crippen molar-refractivity contribution in [1.29, 1.82) is 0 Å². The van der Waals surface area contributed by atoms with E-state index in [0.717, 1.165) is 12.8 Å². The molecular formula is C76H79BN2. The quantitative estimate of drug-likeness (QED) is 0.140. The minimum absolute atomic E-state index is 0.000398. The van der Waals surface area contributed by atoms with Gasteiger partial charge in [-0.1, -0.05) is 243 Å². The summed E-state index contributed by atoms with van der Waals surface area (Å²) in [6.45, 7) is 33.7. The Bertz CT molecular complexity index is 3810. The second kappa shape index (κ2) is 18.6. The number of rotatable bonds is 8. The Morgan fingerprint density at radius 1 is 0.342 bits per heavy atom. The van der Waals surface area contributed by atoms with Crippen LogP contribution in [-0.4, -0.2) is 6.71 Å². The molecule has 3 aliphatic rings. The van der Waals surface area contributed by atoms with Crippen molar-refractivity contribution in [2.45, 2.75) is 142 Å². The average Bonchev–Trinajstić information content (AvgIpc) is 3.51. The third-order valence-electron chi connectivity index (χ3n) is 18.8. The van der Waals surface area contributed by atoms with Crippen LogP contribution in [0.2, 0.25) is 0 Å². The molecule has 9 aromatic carbocycles. The Morgan fingerprint density at radius 3 is 1.43 bits per heavy atom. The van der Waals surface area contributed by atoms with Crippen LogP contribution in [0.4, 0.5) is 34.1 Å². The van der Waals surface area contributed by atoms with Gasteiger partial charge in [0.2, 0.25) is 0 Å². The molecule has 3 heteroatoms. The molecule has 0 saturated carbocycles. The van der Waals surface area contributed by atoms with Gasteiger partial charge in [-0.05, 0) is 167 Å². The van der Waals surface area contributed by atoms with Crippen LogP contribution in [0.1, 0.15) is 154 Å². The predicted octanol–water partition coefficient (Wildman–Crippen LogP) is 18.7. The highest BCUT2D eigenvalue weighted by atomic mass is 15.2. The van der Waals surface area contributed by atoms with E-state index in [4.69, 9.17) is 0 Å².